The number of fused-ring (bicyclic) bond motifs is 1. The molecule has 4 nitrogen and oxygen atoms in total. The van der Waals surface area contributed by atoms with Crippen molar-refractivity contribution in [1.29, 1.82) is 0 Å². The first-order valence-electron chi connectivity index (χ1n) is 7.20. The summed E-state index contributed by atoms with van der Waals surface area (Å²) in [5.74, 6) is 0.763. The largest absolute Gasteiger partial charge is 0.360 e. The van der Waals surface area contributed by atoms with E-state index in [4.69, 9.17) is 16.1 Å². The second kappa shape index (κ2) is 5.82. The maximum absolute atomic E-state index is 5.91. The van der Waals surface area contributed by atoms with Crippen molar-refractivity contribution in [2.75, 3.05) is 0 Å². The zero-order valence-electron chi connectivity index (χ0n) is 12.1. The van der Waals surface area contributed by atoms with Gasteiger partial charge in [-0.15, -0.1) is 0 Å². The van der Waals surface area contributed by atoms with Gasteiger partial charge in [-0.1, -0.05) is 47.1 Å². The van der Waals surface area contributed by atoms with E-state index in [2.05, 4.69) is 15.1 Å². The molecule has 4 rings (SSSR count). The number of halogens is 1. The second-order valence-corrected chi connectivity index (χ2v) is 5.64. The molecule has 0 unspecified atom stereocenters. The molecule has 4 aromatic rings. The normalized spacial score (nSPS) is 11.0. The minimum absolute atomic E-state index is 0.573. The lowest BCUT2D eigenvalue weighted by molar-refractivity contribution is 0.391. The molecule has 0 aliphatic heterocycles. The van der Waals surface area contributed by atoms with Gasteiger partial charge >= 0.3 is 0 Å². The number of benzene rings is 2. The van der Waals surface area contributed by atoms with Crippen LogP contribution in [0, 0.1) is 0 Å². The van der Waals surface area contributed by atoms with Gasteiger partial charge in [0.1, 0.15) is 17.8 Å². The van der Waals surface area contributed by atoms with Gasteiger partial charge in [0.25, 0.3) is 0 Å². The van der Waals surface area contributed by atoms with Gasteiger partial charge in [0.15, 0.2) is 0 Å². The maximum atomic E-state index is 5.91. The minimum Gasteiger partial charge on any atom is -0.360 e. The highest BCUT2D eigenvalue weighted by Crippen LogP contribution is 2.23. The van der Waals surface area contributed by atoms with Crippen LogP contribution < -0.4 is 0 Å². The maximum Gasteiger partial charge on any atom is 0.143 e. The van der Waals surface area contributed by atoms with E-state index in [9.17, 15) is 0 Å². The van der Waals surface area contributed by atoms with Crippen LogP contribution >= 0.6 is 11.6 Å². The molecule has 23 heavy (non-hydrogen) atoms. The Balaban J connectivity index is 1.66. The second-order valence-electron chi connectivity index (χ2n) is 5.20. The Morgan fingerprint density at radius 1 is 0.957 bits per heavy atom. The van der Waals surface area contributed by atoms with Crippen molar-refractivity contribution in [3.63, 3.8) is 0 Å². The van der Waals surface area contributed by atoms with Crippen molar-refractivity contribution < 1.29 is 4.52 Å². The van der Waals surface area contributed by atoms with Gasteiger partial charge < -0.3 is 4.52 Å². The summed E-state index contributed by atoms with van der Waals surface area (Å²) < 4.78 is 5.46. The van der Waals surface area contributed by atoms with Gasteiger partial charge in [-0.3, -0.25) is 0 Å². The SMILES string of the molecule is Clc1ccc(-c2cc(Cc3ncnc4ccccc34)on2)cc1. The lowest BCUT2D eigenvalue weighted by atomic mass is 10.1. The van der Waals surface area contributed by atoms with Crippen LogP contribution in [-0.2, 0) is 6.42 Å². The molecule has 0 saturated heterocycles. The highest BCUT2D eigenvalue weighted by atomic mass is 35.5. The van der Waals surface area contributed by atoms with Gasteiger partial charge in [0, 0.05) is 22.0 Å². The fourth-order valence-electron chi connectivity index (χ4n) is 2.52. The standard InChI is InChI=1S/C18H12ClN3O/c19-13-7-5-12(6-8-13)17-9-14(23-22-17)10-18-15-3-1-2-4-16(15)20-11-21-18/h1-9,11H,10H2. The Morgan fingerprint density at radius 2 is 1.78 bits per heavy atom. The Labute approximate surface area is 137 Å². The zero-order valence-corrected chi connectivity index (χ0v) is 12.9. The number of aromatic nitrogens is 3. The number of hydrogen-bond acceptors (Lipinski definition) is 4. The molecule has 0 radical (unpaired) electrons. The van der Waals surface area contributed by atoms with E-state index in [1.807, 2.05) is 54.6 Å². The topological polar surface area (TPSA) is 51.8 Å². The summed E-state index contributed by atoms with van der Waals surface area (Å²) in [4.78, 5) is 8.65. The van der Waals surface area contributed by atoms with Crippen LogP contribution in [0.4, 0.5) is 0 Å². The van der Waals surface area contributed by atoms with E-state index in [-0.39, 0.29) is 0 Å². The van der Waals surface area contributed by atoms with Crippen LogP contribution in [0.3, 0.4) is 0 Å². The van der Waals surface area contributed by atoms with E-state index in [0.29, 0.717) is 11.4 Å². The molecule has 0 bridgehead atoms. The van der Waals surface area contributed by atoms with Gasteiger partial charge in [-0.25, -0.2) is 9.97 Å². The molecule has 112 valence electrons. The molecule has 5 heteroatoms. The van der Waals surface area contributed by atoms with Gasteiger partial charge in [-0.05, 0) is 18.2 Å². The number of hydrogen-bond donors (Lipinski definition) is 0. The molecular weight excluding hydrogens is 310 g/mol. The predicted octanol–water partition coefficient (Wildman–Crippen LogP) is 4.53. The Hall–Kier alpha value is -2.72. The van der Waals surface area contributed by atoms with E-state index >= 15 is 0 Å². The molecule has 2 aromatic carbocycles. The molecule has 0 fully saturated rings. The van der Waals surface area contributed by atoms with Gasteiger partial charge in [-0.2, -0.15) is 0 Å². The highest BCUT2D eigenvalue weighted by molar-refractivity contribution is 6.30. The van der Waals surface area contributed by atoms with Crippen LogP contribution in [0.15, 0.2) is 65.4 Å². The van der Waals surface area contributed by atoms with Crippen molar-refractivity contribution in [2.45, 2.75) is 6.42 Å². The first-order valence-corrected chi connectivity index (χ1v) is 7.57. The van der Waals surface area contributed by atoms with Crippen LogP contribution in [0.1, 0.15) is 11.5 Å². The van der Waals surface area contributed by atoms with E-state index in [1.54, 1.807) is 6.33 Å². The smallest absolute Gasteiger partial charge is 0.143 e. The monoisotopic (exact) mass is 321 g/mol. The fraction of sp³-hybridized carbons (Fsp3) is 0.0556. The average molecular weight is 322 g/mol. The molecule has 0 amide bonds. The zero-order chi connectivity index (χ0) is 15.6. The lowest BCUT2D eigenvalue weighted by Crippen LogP contribution is -1.94. The molecule has 0 N–H and O–H groups in total. The summed E-state index contributed by atoms with van der Waals surface area (Å²) in [6.45, 7) is 0. The third-order valence-electron chi connectivity index (χ3n) is 3.67. The highest BCUT2D eigenvalue weighted by Gasteiger charge is 2.10. The van der Waals surface area contributed by atoms with Crippen LogP contribution in [0.25, 0.3) is 22.2 Å². The van der Waals surface area contributed by atoms with Crippen LogP contribution in [0.2, 0.25) is 5.02 Å². The summed E-state index contributed by atoms with van der Waals surface area (Å²) in [5.41, 5.74) is 3.61. The molecule has 0 spiro atoms. The molecule has 0 aliphatic rings. The van der Waals surface area contributed by atoms with E-state index < -0.39 is 0 Å². The number of para-hydroxylation sites is 1. The van der Waals surface area contributed by atoms with Crippen molar-refractivity contribution in [3.8, 4) is 11.3 Å². The quantitative estimate of drug-likeness (QED) is 0.556. The third-order valence-corrected chi connectivity index (χ3v) is 3.92. The molecule has 0 saturated carbocycles. The first kappa shape index (κ1) is 13.9. The van der Waals surface area contributed by atoms with E-state index in [1.165, 1.54) is 0 Å². The molecule has 0 atom stereocenters. The van der Waals surface area contributed by atoms with Gasteiger partial charge in [0.2, 0.25) is 0 Å². The van der Waals surface area contributed by atoms with Gasteiger partial charge in [0.05, 0.1) is 17.6 Å². The molecule has 0 aliphatic carbocycles. The fourth-order valence-corrected chi connectivity index (χ4v) is 2.65. The van der Waals surface area contributed by atoms with Crippen LogP contribution in [0.5, 0.6) is 0 Å². The first-order chi connectivity index (χ1) is 11.3. The van der Waals surface area contributed by atoms with E-state index in [0.717, 1.165) is 33.6 Å². The van der Waals surface area contributed by atoms with Crippen molar-refractivity contribution in [1.82, 2.24) is 15.1 Å². The third kappa shape index (κ3) is 2.81. The Kier molecular flexibility index (Phi) is 3.52. The Morgan fingerprint density at radius 3 is 2.65 bits per heavy atom. The molecular formula is C18H12ClN3O. The van der Waals surface area contributed by atoms with Crippen molar-refractivity contribution in [3.05, 3.63) is 77.4 Å². The minimum atomic E-state index is 0.573. The summed E-state index contributed by atoms with van der Waals surface area (Å²) in [5, 5.41) is 5.86. The predicted molar refractivity (Wildman–Crippen MR) is 89.3 cm³/mol. The van der Waals surface area contributed by atoms with Crippen molar-refractivity contribution in [2.24, 2.45) is 0 Å². The van der Waals surface area contributed by atoms with Crippen molar-refractivity contribution >= 4 is 22.5 Å². The van der Waals surface area contributed by atoms with Crippen LogP contribution in [-0.4, -0.2) is 15.1 Å². The summed E-state index contributed by atoms with van der Waals surface area (Å²) in [6.07, 6.45) is 2.15. The summed E-state index contributed by atoms with van der Waals surface area (Å²) in [7, 11) is 0. The Bertz CT molecular complexity index is 958. The number of rotatable bonds is 3. The summed E-state index contributed by atoms with van der Waals surface area (Å²) in [6, 6.07) is 17.4. The number of nitrogens with zero attached hydrogens (tertiary/aromatic N) is 3. The molecule has 2 aromatic heterocycles. The average Bonchev–Trinajstić information content (AvgIpc) is 3.04. The molecule has 2 heterocycles. The lowest BCUT2D eigenvalue weighted by Gasteiger charge is -2.01. The summed E-state index contributed by atoms with van der Waals surface area (Å²) >= 11 is 5.91.